The van der Waals surface area contributed by atoms with Gasteiger partial charge >= 0.3 is 6.36 Å². The number of amides is 2. The molecule has 2 amide bonds. The number of ketones is 1. The Kier molecular flexibility index (Phi) is 6.49. The molecule has 3 heterocycles. The molecule has 0 aromatic heterocycles. The zero-order valence-corrected chi connectivity index (χ0v) is 15.9. The normalized spacial score (nSPS) is 30.3. The van der Waals surface area contributed by atoms with Crippen LogP contribution in [0.4, 0.5) is 13.2 Å². The van der Waals surface area contributed by atoms with Crippen LogP contribution in [0.1, 0.15) is 32.1 Å². The van der Waals surface area contributed by atoms with E-state index in [1.807, 2.05) is 0 Å². The zero-order chi connectivity index (χ0) is 21.2. The Morgan fingerprint density at radius 3 is 2.55 bits per heavy atom. The summed E-state index contributed by atoms with van der Waals surface area (Å²) in [6.07, 6.45) is -2.84. The van der Waals surface area contributed by atoms with Gasteiger partial charge in [0.1, 0.15) is 6.61 Å². The second-order valence-corrected chi connectivity index (χ2v) is 8.10. The van der Waals surface area contributed by atoms with Gasteiger partial charge in [0.15, 0.2) is 5.78 Å². The van der Waals surface area contributed by atoms with Crippen LogP contribution in [0.15, 0.2) is 0 Å². The molecule has 1 spiro atoms. The van der Waals surface area contributed by atoms with Gasteiger partial charge < -0.3 is 21.1 Å². The third-order valence-corrected chi connectivity index (χ3v) is 6.38. The molecule has 3 rings (SSSR count). The van der Waals surface area contributed by atoms with E-state index in [9.17, 15) is 27.6 Å². The van der Waals surface area contributed by atoms with Crippen LogP contribution in [-0.4, -0.2) is 62.4 Å². The third kappa shape index (κ3) is 5.07. The number of hydrogen-bond donors (Lipinski definition) is 3. The molecule has 0 saturated carbocycles. The van der Waals surface area contributed by atoms with E-state index in [0.29, 0.717) is 45.4 Å². The number of alkyl halides is 3. The van der Waals surface area contributed by atoms with Crippen molar-refractivity contribution in [1.29, 1.82) is 0 Å². The van der Waals surface area contributed by atoms with Gasteiger partial charge in [-0.2, -0.15) is 0 Å². The van der Waals surface area contributed by atoms with Gasteiger partial charge in [-0.15, -0.1) is 13.2 Å². The van der Waals surface area contributed by atoms with Gasteiger partial charge in [-0.05, 0) is 37.5 Å². The summed E-state index contributed by atoms with van der Waals surface area (Å²) in [6, 6.07) is -1.27. The number of carbonyl (C=O) groups excluding carboxylic acids is 3. The highest BCUT2D eigenvalue weighted by molar-refractivity contribution is 5.86. The van der Waals surface area contributed by atoms with Gasteiger partial charge in [0.2, 0.25) is 11.8 Å². The molecule has 164 valence electrons. The number of primary amides is 1. The van der Waals surface area contributed by atoms with Gasteiger partial charge in [0, 0.05) is 37.6 Å². The quantitative estimate of drug-likeness (QED) is 0.542. The van der Waals surface area contributed by atoms with Crippen LogP contribution in [0.25, 0.3) is 0 Å². The number of nitrogens with two attached hydrogens (primary N) is 1. The predicted octanol–water partition coefficient (Wildman–Crippen LogP) is 0.247. The Hall–Kier alpha value is -1.72. The molecule has 4 atom stereocenters. The second kappa shape index (κ2) is 8.57. The number of Topliss-reactive ketones (excluding diaryl/α,β-unsaturated/α-hetero) is 1. The fourth-order valence-corrected chi connectivity index (χ4v) is 4.89. The van der Waals surface area contributed by atoms with Gasteiger partial charge in [0.05, 0.1) is 6.04 Å². The Morgan fingerprint density at radius 2 is 2.00 bits per heavy atom. The molecule has 11 heteroatoms. The first-order valence-corrected chi connectivity index (χ1v) is 9.75. The van der Waals surface area contributed by atoms with Crippen molar-refractivity contribution in [2.45, 2.75) is 50.6 Å². The van der Waals surface area contributed by atoms with Crippen molar-refractivity contribution in [3.8, 4) is 0 Å². The number of halogens is 3. The molecular formula is C18H26F3N3O5. The van der Waals surface area contributed by atoms with Crippen molar-refractivity contribution >= 4 is 17.6 Å². The lowest BCUT2D eigenvalue weighted by molar-refractivity contribution is -0.321. The second-order valence-electron chi connectivity index (χ2n) is 8.10. The van der Waals surface area contributed by atoms with Crippen molar-refractivity contribution < 1.29 is 37.0 Å². The number of carbonyl (C=O) groups is 3. The molecule has 2 unspecified atom stereocenters. The van der Waals surface area contributed by atoms with E-state index < -0.39 is 54.0 Å². The smallest absolute Gasteiger partial charge is 0.381 e. The molecule has 3 fully saturated rings. The summed E-state index contributed by atoms with van der Waals surface area (Å²) < 4.78 is 46.7. The van der Waals surface area contributed by atoms with Crippen LogP contribution in [0.3, 0.4) is 0 Å². The molecule has 3 aliphatic rings. The molecule has 29 heavy (non-hydrogen) atoms. The first-order chi connectivity index (χ1) is 13.6. The maximum Gasteiger partial charge on any atom is 0.522 e. The summed E-state index contributed by atoms with van der Waals surface area (Å²) in [4.78, 5) is 36.7. The average molecular weight is 421 g/mol. The molecule has 0 aliphatic carbocycles. The number of hydrogen-bond acceptors (Lipinski definition) is 6. The lowest BCUT2D eigenvalue weighted by atomic mass is 9.67. The number of ether oxygens (including phenoxy) is 2. The summed E-state index contributed by atoms with van der Waals surface area (Å²) in [7, 11) is 0. The lowest BCUT2D eigenvalue weighted by Crippen LogP contribution is -2.51. The Morgan fingerprint density at radius 1 is 1.31 bits per heavy atom. The minimum Gasteiger partial charge on any atom is -0.381 e. The van der Waals surface area contributed by atoms with E-state index in [1.54, 1.807) is 0 Å². The minimum atomic E-state index is -4.93. The third-order valence-electron chi connectivity index (χ3n) is 6.38. The molecule has 3 saturated heterocycles. The highest BCUT2D eigenvalue weighted by atomic mass is 19.4. The molecule has 3 aliphatic heterocycles. The minimum absolute atomic E-state index is 0.0949. The monoisotopic (exact) mass is 421 g/mol. The van der Waals surface area contributed by atoms with E-state index in [1.165, 1.54) is 0 Å². The first-order valence-electron chi connectivity index (χ1n) is 9.75. The van der Waals surface area contributed by atoms with Gasteiger partial charge in [-0.25, -0.2) is 0 Å². The Bertz CT molecular complexity index is 651. The van der Waals surface area contributed by atoms with Crippen LogP contribution in [0, 0.1) is 17.3 Å². The van der Waals surface area contributed by atoms with Crippen LogP contribution >= 0.6 is 0 Å². The van der Waals surface area contributed by atoms with Gasteiger partial charge in [-0.1, -0.05) is 0 Å². The summed E-state index contributed by atoms with van der Waals surface area (Å²) in [6.45, 7) is 0.181. The maximum atomic E-state index is 12.8. The van der Waals surface area contributed by atoms with Crippen molar-refractivity contribution in [3.05, 3.63) is 0 Å². The largest absolute Gasteiger partial charge is 0.522 e. The predicted molar refractivity (Wildman–Crippen MR) is 93.2 cm³/mol. The average Bonchev–Trinajstić information content (AvgIpc) is 3.22. The molecule has 0 bridgehead atoms. The number of rotatable bonds is 7. The highest BCUT2D eigenvalue weighted by Crippen LogP contribution is 2.47. The number of nitrogens with one attached hydrogen (secondary N) is 2. The fourth-order valence-electron chi connectivity index (χ4n) is 4.89. The molecule has 0 radical (unpaired) electrons. The standard InChI is InChI=1S/C18H26F3N3O5/c19-18(20,21)29-9-13(25)11(7-10-1-4-23-16(10)27)14-17(2-5-28-6-3-17)8-12(24-14)15(22)26/h10-12,14,24H,1-9H2,(H2,22,26)(H,23,27)/t10-,11-,12?,14?/m1/s1. The maximum absolute atomic E-state index is 12.8. The van der Waals surface area contributed by atoms with E-state index in [-0.39, 0.29) is 12.3 Å². The van der Waals surface area contributed by atoms with Crippen molar-refractivity contribution in [3.63, 3.8) is 0 Å². The topological polar surface area (TPSA) is 120 Å². The van der Waals surface area contributed by atoms with Gasteiger partial charge in [0.25, 0.3) is 0 Å². The molecule has 8 nitrogen and oxygen atoms in total. The highest BCUT2D eigenvalue weighted by Gasteiger charge is 2.54. The fraction of sp³-hybridized carbons (Fsp3) is 0.833. The van der Waals surface area contributed by atoms with E-state index in [4.69, 9.17) is 10.5 Å². The van der Waals surface area contributed by atoms with Crippen molar-refractivity contribution in [2.24, 2.45) is 23.0 Å². The Balaban J connectivity index is 1.86. The summed E-state index contributed by atoms with van der Waals surface area (Å²) in [5, 5.41) is 5.78. The SMILES string of the molecule is NC(=O)C1CC2(CCOCC2)C([C@H](C[C@H]2CCNC2=O)C(=O)COC(F)(F)F)N1. The summed E-state index contributed by atoms with van der Waals surface area (Å²) in [5.74, 6) is -2.91. The van der Waals surface area contributed by atoms with Crippen LogP contribution in [-0.2, 0) is 23.9 Å². The lowest BCUT2D eigenvalue weighted by Gasteiger charge is -2.42. The van der Waals surface area contributed by atoms with E-state index >= 15 is 0 Å². The Labute approximate surface area is 166 Å². The van der Waals surface area contributed by atoms with Crippen LogP contribution in [0.5, 0.6) is 0 Å². The first kappa shape index (κ1) is 22.0. The molecule has 0 aromatic rings. The van der Waals surface area contributed by atoms with Crippen LogP contribution < -0.4 is 16.4 Å². The van der Waals surface area contributed by atoms with E-state index in [0.717, 1.165) is 0 Å². The van der Waals surface area contributed by atoms with Gasteiger partial charge in [-0.3, -0.25) is 19.1 Å². The zero-order valence-electron chi connectivity index (χ0n) is 15.9. The molecule has 4 N–H and O–H groups in total. The summed E-state index contributed by atoms with van der Waals surface area (Å²) >= 11 is 0. The molecule has 0 aromatic carbocycles. The van der Waals surface area contributed by atoms with Crippen molar-refractivity contribution in [1.82, 2.24) is 10.6 Å². The van der Waals surface area contributed by atoms with Crippen LogP contribution in [0.2, 0.25) is 0 Å². The van der Waals surface area contributed by atoms with E-state index in [2.05, 4.69) is 15.4 Å². The summed E-state index contributed by atoms with van der Waals surface area (Å²) in [5.41, 5.74) is 4.96. The molecular weight excluding hydrogens is 395 g/mol. The van der Waals surface area contributed by atoms with Crippen molar-refractivity contribution in [2.75, 3.05) is 26.4 Å².